The van der Waals surface area contributed by atoms with Crippen LogP contribution >= 0.6 is 15.9 Å². The van der Waals surface area contributed by atoms with E-state index >= 15 is 0 Å². The Kier molecular flexibility index (Phi) is 6.12. The number of nitriles is 1. The molecule has 0 aromatic heterocycles. The predicted octanol–water partition coefficient (Wildman–Crippen LogP) is 3.30. The lowest BCUT2D eigenvalue weighted by Crippen LogP contribution is -2.21. The van der Waals surface area contributed by atoms with E-state index in [1.807, 2.05) is 24.3 Å². The van der Waals surface area contributed by atoms with Gasteiger partial charge in [-0.25, -0.2) is 0 Å². The zero-order valence-corrected chi connectivity index (χ0v) is 10.8. The third-order valence-corrected chi connectivity index (χ3v) is 2.91. The maximum atomic E-state index is 9.09. The van der Waals surface area contributed by atoms with Gasteiger partial charge in [-0.05, 0) is 30.1 Å². The van der Waals surface area contributed by atoms with Gasteiger partial charge < -0.3 is 0 Å². The highest BCUT2D eigenvalue weighted by molar-refractivity contribution is 9.10. The molecule has 0 fully saturated rings. The van der Waals surface area contributed by atoms with Crippen molar-refractivity contribution in [2.45, 2.75) is 12.5 Å². The molecule has 1 aromatic carbocycles. The minimum Gasteiger partial charge on any atom is -0.298 e. The first-order valence-corrected chi connectivity index (χ1v) is 5.97. The maximum Gasteiger partial charge on any atom is 0.122 e. The molecule has 17 heavy (non-hydrogen) atoms. The summed E-state index contributed by atoms with van der Waals surface area (Å²) in [4.78, 5) is 2.67. The minimum absolute atomic E-state index is 0.350. The van der Waals surface area contributed by atoms with Gasteiger partial charge in [0.1, 0.15) is 6.04 Å². The normalized spacial score (nSPS) is 11.3. The molecule has 6 heteroatoms. The lowest BCUT2D eigenvalue weighted by molar-refractivity contribution is 0.606. The molecule has 1 rings (SSSR count). The molecule has 1 unspecified atom stereocenters. The first kappa shape index (κ1) is 13.5. The van der Waals surface area contributed by atoms with E-state index in [2.05, 4.69) is 37.3 Å². The number of nitrogens with zero attached hydrogens (tertiary/aromatic N) is 4. The Hall–Kier alpha value is -1.54. The Morgan fingerprint density at radius 3 is 2.94 bits per heavy atom. The van der Waals surface area contributed by atoms with Gasteiger partial charge in [-0.2, -0.15) is 5.26 Å². The summed E-state index contributed by atoms with van der Waals surface area (Å²) in [6, 6.07) is 9.46. The van der Waals surface area contributed by atoms with Crippen molar-refractivity contribution in [3.8, 4) is 6.07 Å². The molecule has 0 amide bonds. The van der Waals surface area contributed by atoms with Crippen molar-refractivity contribution in [3.63, 3.8) is 0 Å². The van der Waals surface area contributed by atoms with Crippen molar-refractivity contribution < 1.29 is 0 Å². The maximum absolute atomic E-state index is 9.09. The highest BCUT2D eigenvalue weighted by atomic mass is 79.9. The topological polar surface area (TPSA) is 84.6 Å². The second-order valence-corrected chi connectivity index (χ2v) is 4.20. The molecule has 0 radical (unpaired) electrons. The Morgan fingerprint density at radius 1 is 1.53 bits per heavy atom. The van der Waals surface area contributed by atoms with E-state index in [0.717, 1.165) is 10.0 Å². The summed E-state index contributed by atoms with van der Waals surface area (Å²) in [5.74, 6) is 0. The third-order valence-electron chi connectivity index (χ3n) is 2.19. The smallest absolute Gasteiger partial charge is 0.122 e. The van der Waals surface area contributed by atoms with Crippen LogP contribution in [0.25, 0.3) is 10.4 Å². The zero-order chi connectivity index (χ0) is 12.5. The third kappa shape index (κ3) is 4.45. The molecular weight excluding hydrogens is 282 g/mol. The first-order chi connectivity index (χ1) is 8.29. The number of hydrogen-bond acceptors (Lipinski definition) is 3. The van der Waals surface area contributed by atoms with Crippen molar-refractivity contribution in [1.82, 2.24) is 5.32 Å². The Morgan fingerprint density at radius 2 is 2.29 bits per heavy atom. The molecular formula is C11H12BrN5. The number of benzene rings is 1. The monoisotopic (exact) mass is 293 g/mol. The molecule has 88 valence electrons. The summed E-state index contributed by atoms with van der Waals surface area (Å²) < 4.78 is 0.911. The van der Waals surface area contributed by atoms with Crippen LogP contribution in [0.15, 0.2) is 33.9 Å². The summed E-state index contributed by atoms with van der Waals surface area (Å²) in [6.07, 6.45) is 0.715. The van der Waals surface area contributed by atoms with Crippen LogP contribution in [0.1, 0.15) is 18.0 Å². The van der Waals surface area contributed by atoms with Crippen LogP contribution in [0.3, 0.4) is 0 Å². The quantitative estimate of drug-likeness (QED) is 0.378. The minimum atomic E-state index is -0.350. The molecule has 1 N–H and O–H groups in total. The number of hydrogen-bond donors (Lipinski definition) is 1. The largest absolute Gasteiger partial charge is 0.298 e. The number of rotatable bonds is 6. The van der Waals surface area contributed by atoms with Crippen LogP contribution in [0, 0.1) is 11.3 Å². The number of azide groups is 1. The Labute approximate surface area is 108 Å². The molecule has 1 aromatic rings. The summed E-state index contributed by atoms with van der Waals surface area (Å²) >= 11 is 3.41. The molecule has 1 atom stereocenters. The van der Waals surface area contributed by atoms with Crippen LogP contribution in [0.5, 0.6) is 0 Å². The fourth-order valence-corrected chi connectivity index (χ4v) is 1.89. The second-order valence-electron chi connectivity index (χ2n) is 3.35. The molecule has 0 saturated carbocycles. The van der Waals surface area contributed by atoms with Crippen molar-refractivity contribution in [3.05, 3.63) is 44.7 Å². The highest BCUT2D eigenvalue weighted by Gasteiger charge is 2.11. The summed E-state index contributed by atoms with van der Waals surface area (Å²) in [6.45, 7) is 1.08. The summed E-state index contributed by atoms with van der Waals surface area (Å²) in [5, 5.41) is 15.6. The fourth-order valence-electron chi connectivity index (χ4n) is 1.38. The summed E-state index contributed by atoms with van der Waals surface area (Å²) in [7, 11) is 0. The lowest BCUT2D eigenvalue weighted by atomic mass is 10.1. The van der Waals surface area contributed by atoms with E-state index in [9.17, 15) is 0 Å². The van der Waals surface area contributed by atoms with Crippen LogP contribution in [0.4, 0.5) is 0 Å². The Bertz CT molecular complexity index is 447. The van der Waals surface area contributed by atoms with Crippen LogP contribution in [0.2, 0.25) is 0 Å². The van der Waals surface area contributed by atoms with Crippen LogP contribution < -0.4 is 5.32 Å². The van der Waals surface area contributed by atoms with E-state index in [-0.39, 0.29) is 6.04 Å². The molecule has 0 heterocycles. The first-order valence-electron chi connectivity index (χ1n) is 5.18. The van der Waals surface area contributed by atoms with Gasteiger partial charge in [0.05, 0.1) is 6.07 Å². The van der Waals surface area contributed by atoms with Gasteiger partial charge in [0.15, 0.2) is 0 Å². The van der Waals surface area contributed by atoms with E-state index in [1.54, 1.807) is 0 Å². The highest BCUT2D eigenvalue weighted by Crippen LogP contribution is 2.22. The van der Waals surface area contributed by atoms with Gasteiger partial charge in [-0.15, -0.1) is 0 Å². The number of nitrogens with one attached hydrogen (secondary N) is 1. The molecule has 0 bridgehead atoms. The van der Waals surface area contributed by atoms with Crippen LogP contribution in [-0.2, 0) is 0 Å². The molecule has 0 aliphatic heterocycles. The molecule has 5 nitrogen and oxygen atoms in total. The van der Waals surface area contributed by atoms with Crippen molar-refractivity contribution in [1.29, 1.82) is 5.26 Å². The van der Waals surface area contributed by atoms with Gasteiger partial charge in [0.2, 0.25) is 0 Å². The van der Waals surface area contributed by atoms with Gasteiger partial charge in [0.25, 0.3) is 0 Å². The standard InChI is InChI=1S/C11H12BrN5/c12-10-5-2-1-4-9(10)11(8-13)15-6-3-7-16-17-14/h1-2,4-5,11,15H,3,6-7H2. The van der Waals surface area contributed by atoms with E-state index in [1.165, 1.54) is 0 Å². The van der Waals surface area contributed by atoms with E-state index in [4.69, 9.17) is 10.8 Å². The fraction of sp³-hybridized carbons (Fsp3) is 0.364. The number of halogens is 1. The lowest BCUT2D eigenvalue weighted by Gasteiger charge is -2.12. The average molecular weight is 294 g/mol. The molecule has 0 aliphatic rings. The SMILES string of the molecule is N#CC(NCCCN=[N+]=[N-])c1ccccc1Br. The van der Waals surface area contributed by atoms with Crippen molar-refractivity contribution in [2.24, 2.45) is 5.11 Å². The molecule has 0 spiro atoms. The zero-order valence-electron chi connectivity index (χ0n) is 9.17. The molecule has 0 saturated heterocycles. The van der Waals surface area contributed by atoms with E-state index in [0.29, 0.717) is 19.5 Å². The van der Waals surface area contributed by atoms with Crippen molar-refractivity contribution in [2.75, 3.05) is 13.1 Å². The van der Waals surface area contributed by atoms with Gasteiger partial charge >= 0.3 is 0 Å². The summed E-state index contributed by atoms with van der Waals surface area (Å²) in [5.41, 5.74) is 9.03. The van der Waals surface area contributed by atoms with Crippen molar-refractivity contribution >= 4 is 15.9 Å². The predicted molar refractivity (Wildman–Crippen MR) is 69.1 cm³/mol. The van der Waals surface area contributed by atoms with Gasteiger partial charge in [0, 0.05) is 15.9 Å². The van der Waals surface area contributed by atoms with Gasteiger partial charge in [-0.1, -0.05) is 39.2 Å². The Balaban J connectivity index is 2.53. The second kappa shape index (κ2) is 7.69. The molecule has 0 aliphatic carbocycles. The van der Waals surface area contributed by atoms with Gasteiger partial charge in [-0.3, -0.25) is 5.32 Å². The average Bonchev–Trinajstić information content (AvgIpc) is 2.35. The van der Waals surface area contributed by atoms with Crippen LogP contribution in [-0.4, -0.2) is 13.1 Å². The van der Waals surface area contributed by atoms with E-state index < -0.39 is 0 Å².